The number of ether oxygens (including phenoxy) is 1. The molecule has 0 saturated heterocycles. The summed E-state index contributed by atoms with van der Waals surface area (Å²) in [6.07, 6.45) is 0.838. The summed E-state index contributed by atoms with van der Waals surface area (Å²) in [7, 11) is 1.64. The molecule has 0 aliphatic rings. The van der Waals surface area contributed by atoms with Crippen LogP contribution in [0.1, 0.15) is 34.1 Å². The highest BCUT2D eigenvalue weighted by molar-refractivity contribution is 5.76. The Balaban J connectivity index is 4.08. The number of hydrogen-bond donors (Lipinski definition) is 3. The lowest BCUT2D eigenvalue weighted by Crippen LogP contribution is -2.47. The second-order valence-corrected chi connectivity index (χ2v) is 5.65. The van der Waals surface area contributed by atoms with E-state index in [0.717, 1.165) is 6.42 Å². The van der Waals surface area contributed by atoms with Crippen LogP contribution in [-0.2, 0) is 9.53 Å². The predicted octanol–water partition coefficient (Wildman–Crippen LogP) is 1.46. The van der Waals surface area contributed by atoms with Crippen LogP contribution in [0.4, 0.5) is 4.79 Å². The topological polar surface area (TPSA) is 87.7 Å². The number of carboxylic acids is 1. The van der Waals surface area contributed by atoms with Crippen LogP contribution in [0.3, 0.4) is 0 Å². The van der Waals surface area contributed by atoms with Gasteiger partial charge >= 0.3 is 12.0 Å². The largest absolute Gasteiger partial charge is 0.481 e. The summed E-state index contributed by atoms with van der Waals surface area (Å²) in [4.78, 5) is 22.4. The van der Waals surface area contributed by atoms with E-state index < -0.39 is 17.9 Å². The molecule has 0 heterocycles. The number of nitrogens with one attached hydrogen (secondary N) is 2. The Kier molecular flexibility index (Phi) is 7.44. The average Bonchev–Trinajstić information content (AvgIpc) is 2.33. The van der Waals surface area contributed by atoms with E-state index in [9.17, 15) is 9.59 Å². The molecular formula is C13H26N2O4. The minimum atomic E-state index is -0.923. The van der Waals surface area contributed by atoms with Gasteiger partial charge in [-0.1, -0.05) is 13.8 Å². The van der Waals surface area contributed by atoms with Crippen LogP contribution in [0.2, 0.25) is 0 Å². The third kappa shape index (κ3) is 7.66. The lowest BCUT2D eigenvalue weighted by molar-refractivity contribution is -0.141. The molecule has 2 atom stereocenters. The molecule has 6 nitrogen and oxygen atoms in total. The van der Waals surface area contributed by atoms with Gasteiger partial charge in [0, 0.05) is 26.3 Å². The fourth-order valence-corrected chi connectivity index (χ4v) is 1.38. The maximum atomic E-state index is 11.7. The highest BCUT2D eigenvalue weighted by atomic mass is 16.5. The molecule has 0 aromatic carbocycles. The molecule has 0 aromatic heterocycles. The van der Waals surface area contributed by atoms with Crippen LogP contribution < -0.4 is 10.6 Å². The molecule has 0 aliphatic heterocycles. The molecule has 0 aromatic rings. The van der Waals surface area contributed by atoms with Crippen molar-refractivity contribution in [2.45, 2.75) is 40.2 Å². The van der Waals surface area contributed by atoms with Crippen LogP contribution >= 0.6 is 0 Å². The first-order valence-electron chi connectivity index (χ1n) is 6.45. The molecule has 2 amide bonds. The summed E-state index contributed by atoms with van der Waals surface area (Å²) < 4.78 is 5.01. The summed E-state index contributed by atoms with van der Waals surface area (Å²) in [5.74, 6) is -1.54. The second kappa shape index (κ2) is 7.99. The minimum absolute atomic E-state index is 0.0605. The molecule has 2 unspecified atom stereocenters. The van der Waals surface area contributed by atoms with Crippen molar-refractivity contribution in [3.63, 3.8) is 0 Å². The van der Waals surface area contributed by atoms with Gasteiger partial charge in [-0.3, -0.25) is 4.79 Å². The van der Waals surface area contributed by atoms with Crippen LogP contribution in [0, 0.1) is 11.3 Å². The highest BCUT2D eigenvalue weighted by Gasteiger charge is 2.22. The molecular weight excluding hydrogens is 248 g/mol. The van der Waals surface area contributed by atoms with E-state index >= 15 is 0 Å². The third-order valence-corrected chi connectivity index (χ3v) is 3.21. The van der Waals surface area contributed by atoms with Crippen molar-refractivity contribution in [1.29, 1.82) is 0 Å². The van der Waals surface area contributed by atoms with Crippen molar-refractivity contribution in [2.75, 3.05) is 20.3 Å². The number of methoxy groups -OCH3 is 1. The van der Waals surface area contributed by atoms with Crippen molar-refractivity contribution in [3.8, 4) is 0 Å². The molecule has 0 bridgehead atoms. The first kappa shape index (κ1) is 17.7. The van der Waals surface area contributed by atoms with Gasteiger partial charge in [-0.15, -0.1) is 0 Å². The second-order valence-electron chi connectivity index (χ2n) is 5.65. The Morgan fingerprint density at radius 1 is 1.32 bits per heavy atom. The van der Waals surface area contributed by atoms with Gasteiger partial charge in [0.1, 0.15) is 0 Å². The Bertz CT molecular complexity index is 305. The van der Waals surface area contributed by atoms with E-state index in [2.05, 4.69) is 10.6 Å². The van der Waals surface area contributed by atoms with Crippen molar-refractivity contribution < 1.29 is 19.4 Å². The normalized spacial score (nSPS) is 14.6. The van der Waals surface area contributed by atoms with E-state index in [1.807, 2.05) is 13.8 Å². The predicted molar refractivity (Wildman–Crippen MR) is 73.1 cm³/mol. The zero-order valence-corrected chi connectivity index (χ0v) is 12.4. The standard InChI is InChI=1S/C13H26N2O4/c1-9(11(16)17)10(2)15-12(18)14-8-13(3,4)6-7-19-5/h9-10H,6-8H2,1-5H3,(H,16,17)(H2,14,15,18). The van der Waals surface area contributed by atoms with Gasteiger partial charge in [-0.25, -0.2) is 4.79 Å². The Morgan fingerprint density at radius 3 is 2.37 bits per heavy atom. The molecule has 0 rings (SSSR count). The quantitative estimate of drug-likeness (QED) is 0.625. The number of amides is 2. The fourth-order valence-electron chi connectivity index (χ4n) is 1.38. The van der Waals surface area contributed by atoms with Gasteiger partial charge in [-0.05, 0) is 25.7 Å². The Labute approximate surface area is 114 Å². The first-order chi connectivity index (χ1) is 8.69. The molecule has 6 heteroatoms. The monoisotopic (exact) mass is 274 g/mol. The van der Waals surface area contributed by atoms with Crippen molar-refractivity contribution >= 4 is 12.0 Å². The number of carboxylic acid groups (broad SMARTS) is 1. The van der Waals surface area contributed by atoms with E-state index in [4.69, 9.17) is 9.84 Å². The Morgan fingerprint density at radius 2 is 1.89 bits per heavy atom. The number of urea groups is 1. The summed E-state index contributed by atoms with van der Waals surface area (Å²) in [5.41, 5.74) is -0.0605. The lowest BCUT2D eigenvalue weighted by Gasteiger charge is -2.25. The molecule has 0 radical (unpaired) electrons. The first-order valence-corrected chi connectivity index (χ1v) is 6.45. The van der Waals surface area contributed by atoms with E-state index in [0.29, 0.717) is 13.2 Å². The highest BCUT2D eigenvalue weighted by Crippen LogP contribution is 2.18. The maximum Gasteiger partial charge on any atom is 0.315 e. The van der Waals surface area contributed by atoms with E-state index in [1.165, 1.54) is 0 Å². The van der Waals surface area contributed by atoms with Crippen LogP contribution in [0.5, 0.6) is 0 Å². The van der Waals surface area contributed by atoms with Gasteiger partial charge in [0.25, 0.3) is 0 Å². The van der Waals surface area contributed by atoms with Crippen LogP contribution in [-0.4, -0.2) is 43.4 Å². The van der Waals surface area contributed by atoms with E-state index in [-0.39, 0.29) is 11.4 Å². The van der Waals surface area contributed by atoms with Gasteiger partial charge in [0.05, 0.1) is 5.92 Å². The number of hydrogen-bond acceptors (Lipinski definition) is 3. The maximum absolute atomic E-state index is 11.7. The van der Waals surface area contributed by atoms with Crippen molar-refractivity contribution in [2.24, 2.45) is 11.3 Å². The zero-order valence-electron chi connectivity index (χ0n) is 12.4. The van der Waals surface area contributed by atoms with Gasteiger partial charge < -0.3 is 20.5 Å². The Hall–Kier alpha value is -1.30. The molecule has 0 saturated carbocycles. The number of carbonyl (C=O) groups is 2. The summed E-state index contributed by atoms with van der Waals surface area (Å²) in [6, 6.07) is -0.759. The summed E-state index contributed by atoms with van der Waals surface area (Å²) in [5, 5.41) is 14.2. The molecule has 19 heavy (non-hydrogen) atoms. The molecule has 3 N–H and O–H groups in total. The molecule has 0 aliphatic carbocycles. The smallest absolute Gasteiger partial charge is 0.315 e. The molecule has 0 fully saturated rings. The number of carbonyl (C=O) groups excluding carboxylic acids is 1. The van der Waals surface area contributed by atoms with Crippen molar-refractivity contribution in [3.05, 3.63) is 0 Å². The van der Waals surface area contributed by atoms with Gasteiger partial charge in [0.15, 0.2) is 0 Å². The fraction of sp³-hybridized carbons (Fsp3) is 0.846. The summed E-state index contributed by atoms with van der Waals surface area (Å²) in [6.45, 7) is 8.47. The van der Waals surface area contributed by atoms with Gasteiger partial charge in [-0.2, -0.15) is 0 Å². The lowest BCUT2D eigenvalue weighted by atomic mass is 9.90. The van der Waals surface area contributed by atoms with Crippen LogP contribution in [0.15, 0.2) is 0 Å². The third-order valence-electron chi connectivity index (χ3n) is 3.21. The molecule has 0 spiro atoms. The zero-order chi connectivity index (χ0) is 15.1. The van der Waals surface area contributed by atoms with E-state index in [1.54, 1.807) is 21.0 Å². The van der Waals surface area contributed by atoms with Crippen LogP contribution in [0.25, 0.3) is 0 Å². The number of aliphatic carboxylic acids is 1. The average molecular weight is 274 g/mol. The van der Waals surface area contributed by atoms with Gasteiger partial charge in [0.2, 0.25) is 0 Å². The minimum Gasteiger partial charge on any atom is -0.481 e. The molecule has 112 valence electrons. The SMILES string of the molecule is COCCC(C)(C)CNC(=O)NC(C)C(C)C(=O)O. The number of rotatable bonds is 8. The summed E-state index contributed by atoms with van der Waals surface area (Å²) >= 11 is 0. The van der Waals surface area contributed by atoms with Crippen molar-refractivity contribution in [1.82, 2.24) is 10.6 Å².